The van der Waals surface area contributed by atoms with Crippen molar-refractivity contribution in [3.63, 3.8) is 0 Å². The van der Waals surface area contributed by atoms with E-state index in [1.54, 1.807) is 11.9 Å². The maximum atomic E-state index is 11.5. The van der Waals surface area contributed by atoms with Gasteiger partial charge in [0.25, 0.3) is 5.91 Å². The number of anilines is 1. The Morgan fingerprint density at radius 2 is 1.93 bits per heavy atom. The summed E-state index contributed by atoms with van der Waals surface area (Å²) in [5.74, 6) is 1.60. The fraction of sp³-hybridized carbons (Fsp3) is 0.632. The molecule has 2 aromatic heterocycles. The second-order valence-corrected chi connectivity index (χ2v) is 7.91. The van der Waals surface area contributed by atoms with Gasteiger partial charge in [-0.2, -0.15) is 5.10 Å². The summed E-state index contributed by atoms with van der Waals surface area (Å²) < 4.78 is 9.10. The molecule has 0 aliphatic carbocycles. The number of hydrogen-bond donors (Lipinski definition) is 1. The molecule has 156 valence electrons. The maximum Gasteiger partial charge on any atom is 0.288 e. The molecule has 0 aromatic carbocycles. The van der Waals surface area contributed by atoms with Crippen LogP contribution in [0, 0.1) is 6.92 Å². The normalized spacial score (nSPS) is 19.9. The van der Waals surface area contributed by atoms with E-state index < -0.39 is 5.91 Å². The van der Waals surface area contributed by atoms with Crippen LogP contribution >= 0.6 is 0 Å². The Kier molecular flexibility index (Phi) is 5.12. The van der Waals surface area contributed by atoms with Gasteiger partial charge < -0.3 is 15.4 Å². The van der Waals surface area contributed by atoms with Gasteiger partial charge in [0.2, 0.25) is 11.7 Å². The Balaban J connectivity index is 0.000000145. The molecule has 29 heavy (non-hydrogen) atoms. The lowest BCUT2D eigenvalue weighted by Crippen LogP contribution is -2.32. The Hall–Kier alpha value is -2.75. The van der Waals surface area contributed by atoms with Crippen molar-refractivity contribution in [1.82, 2.24) is 24.5 Å². The first kappa shape index (κ1) is 19.6. The number of aromatic nitrogens is 5. The molecule has 10 nitrogen and oxygen atoms in total. The Bertz CT molecular complexity index is 926. The minimum atomic E-state index is -0.552. The van der Waals surface area contributed by atoms with Crippen LogP contribution in [0.1, 0.15) is 54.2 Å². The number of carbonyl (C=O) groups excluding carboxylic acids is 2. The third-order valence-corrected chi connectivity index (χ3v) is 5.98. The van der Waals surface area contributed by atoms with Crippen LogP contribution in [0.25, 0.3) is 0 Å². The first-order valence-corrected chi connectivity index (χ1v) is 10.0. The summed E-state index contributed by atoms with van der Waals surface area (Å²) in [6, 6.07) is 1.95. The molecule has 2 N–H and O–H groups in total. The van der Waals surface area contributed by atoms with Gasteiger partial charge in [-0.05, 0) is 32.6 Å². The van der Waals surface area contributed by atoms with Crippen LogP contribution in [-0.2, 0) is 28.0 Å². The second-order valence-electron chi connectivity index (χ2n) is 7.91. The Morgan fingerprint density at radius 1 is 1.17 bits per heavy atom. The topological polar surface area (TPSA) is 121 Å². The molecule has 10 heteroatoms. The molecule has 0 unspecified atom stereocenters. The van der Waals surface area contributed by atoms with Crippen LogP contribution < -0.4 is 10.6 Å². The number of hydrogen-bond acceptors (Lipinski definition) is 6. The predicted molar refractivity (Wildman–Crippen MR) is 104 cm³/mol. The van der Waals surface area contributed by atoms with E-state index in [9.17, 15) is 9.59 Å². The van der Waals surface area contributed by atoms with Gasteiger partial charge in [-0.25, -0.2) is 14.3 Å². The van der Waals surface area contributed by atoms with Gasteiger partial charge in [0, 0.05) is 51.3 Å². The molecule has 2 amide bonds. The average Bonchev–Trinajstić information content (AvgIpc) is 3.36. The number of nitrogens with two attached hydrogens (primary N) is 1. The summed E-state index contributed by atoms with van der Waals surface area (Å²) in [6.07, 6.45) is 4.48. The van der Waals surface area contributed by atoms with E-state index >= 15 is 0 Å². The minimum absolute atomic E-state index is 0.0684. The molecule has 2 aromatic rings. The molecular weight excluding hydrogens is 374 g/mol. The molecule has 0 saturated carbocycles. The number of carbonyl (C=O) groups is 2. The van der Waals surface area contributed by atoms with Gasteiger partial charge in [0.05, 0.1) is 5.69 Å². The van der Waals surface area contributed by atoms with E-state index in [2.05, 4.69) is 15.2 Å². The van der Waals surface area contributed by atoms with Crippen molar-refractivity contribution in [1.29, 1.82) is 0 Å². The summed E-state index contributed by atoms with van der Waals surface area (Å²) in [4.78, 5) is 28.5. The second kappa shape index (κ2) is 7.58. The third-order valence-electron chi connectivity index (χ3n) is 5.98. The highest BCUT2D eigenvalue weighted by Crippen LogP contribution is 2.41. The Morgan fingerprint density at radius 3 is 2.66 bits per heavy atom. The highest BCUT2D eigenvalue weighted by atomic mass is 16.5. The summed E-state index contributed by atoms with van der Waals surface area (Å²) in [5, 5.41) is 8.45. The summed E-state index contributed by atoms with van der Waals surface area (Å²) in [5.41, 5.74) is 6.23. The van der Waals surface area contributed by atoms with Gasteiger partial charge in [-0.3, -0.25) is 9.59 Å². The SMILES string of the molecule is Cc1cc2n(n1)CCCC(=O)N2C.NC(=O)c1nc2n(n1)CCC21CCOCC1. The van der Waals surface area contributed by atoms with E-state index in [1.165, 1.54) is 0 Å². The van der Waals surface area contributed by atoms with Crippen LogP contribution in [0.3, 0.4) is 0 Å². The number of nitrogens with zero attached hydrogens (tertiary/aromatic N) is 6. The van der Waals surface area contributed by atoms with Crippen molar-refractivity contribution < 1.29 is 14.3 Å². The molecule has 3 aliphatic rings. The van der Waals surface area contributed by atoms with Gasteiger partial charge in [-0.15, -0.1) is 5.10 Å². The summed E-state index contributed by atoms with van der Waals surface area (Å²) in [6.45, 7) is 5.15. The maximum absolute atomic E-state index is 11.5. The van der Waals surface area contributed by atoms with Crippen LogP contribution in [0.15, 0.2) is 6.07 Å². The summed E-state index contributed by atoms with van der Waals surface area (Å²) in [7, 11) is 1.81. The molecule has 0 bridgehead atoms. The van der Waals surface area contributed by atoms with E-state index in [4.69, 9.17) is 10.5 Å². The molecule has 1 saturated heterocycles. The molecule has 1 fully saturated rings. The van der Waals surface area contributed by atoms with Crippen molar-refractivity contribution in [2.75, 3.05) is 25.2 Å². The predicted octanol–water partition coefficient (Wildman–Crippen LogP) is 0.777. The van der Waals surface area contributed by atoms with Gasteiger partial charge in [-0.1, -0.05) is 0 Å². The van der Waals surface area contributed by atoms with Crippen molar-refractivity contribution >= 4 is 17.6 Å². The van der Waals surface area contributed by atoms with Crippen LogP contribution in [0.4, 0.5) is 5.82 Å². The van der Waals surface area contributed by atoms with E-state index in [-0.39, 0.29) is 17.1 Å². The molecule has 1 spiro atoms. The summed E-state index contributed by atoms with van der Waals surface area (Å²) >= 11 is 0. The standard InChI is InChI=1S/C10H14N4O2.C9H13N3O/c11-7(15)8-12-9-10(1-4-14(9)13-8)2-5-16-6-3-10;1-7-6-8-11(2)9(13)4-3-5-12(8)10-7/h1-6H2,(H2,11,15);6H,3-5H2,1-2H3. The lowest BCUT2D eigenvalue weighted by atomic mass is 9.78. The molecule has 0 radical (unpaired) electrons. The highest BCUT2D eigenvalue weighted by molar-refractivity contribution is 5.92. The number of aryl methyl sites for hydroxylation is 3. The average molecular weight is 401 g/mol. The lowest BCUT2D eigenvalue weighted by molar-refractivity contribution is -0.118. The largest absolute Gasteiger partial charge is 0.381 e. The monoisotopic (exact) mass is 401 g/mol. The van der Waals surface area contributed by atoms with Crippen LogP contribution in [-0.4, -0.2) is 56.6 Å². The fourth-order valence-corrected chi connectivity index (χ4v) is 4.30. The Labute approximate surface area is 169 Å². The molecular formula is C19H27N7O3. The number of ether oxygens (including phenoxy) is 1. The van der Waals surface area contributed by atoms with Crippen molar-refractivity contribution in [3.05, 3.63) is 23.4 Å². The molecule has 3 aliphatic heterocycles. The van der Waals surface area contributed by atoms with Gasteiger partial charge in [0.15, 0.2) is 0 Å². The fourth-order valence-electron chi connectivity index (χ4n) is 4.30. The van der Waals surface area contributed by atoms with Crippen molar-refractivity contribution in [2.45, 2.75) is 57.5 Å². The number of rotatable bonds is 1. The number of fused-ring (bicyclic) bond motifs is 3. The zero-order chi connectivity index (χ0) is 20.6. The zero-order valence-electron chi connectivity index (χ0n) is 16.9. The molecule has 0 atom stereocenters. The molecule has 5 rings (SSSR count). The van der Waals surface area contributed by atoms with E-state index in [1.807, 2.05) is 22.4 Å². The quantitative estimate of drug-likeness (QED) is 0.754. The number of primary amides is 1. The van der Waals surface area contributed by atoms with E-state index in [0.29, 0.717) is 6.42 Å². The van der Waals surface area contributed by atoms with Crippen LogP contribution in [0.2, 0.25) is 0 Å². The van der Waals surface area contributed by atoms with Gasteiger partial charge in [0.1, 0.15) is 11.6 Å². The highest BCUT2D eigenvalue weighted by Gasteiger charge is 2.43. The lowest BCUT2D eigenvalue weighted by Gasteiger charge is -2.31. The first-order chi connectivity index (χ1) is 13.9. The number of amides is 2. The minimum Gasteiger partial charge on any atom is -0.381 e. The zero-order valence-corrected chi connectivity index (χ0v) is 16.9. The van der Waals surface area contributed by atoms with Gasteiger partial charge >= 0.3 is 0 Å². The van der Waals surface area contributed by atoms with E-state index in [0.717, 1.165) is 69.3 Å². The molecule has 5 heterocycles. The first-order valence-electron chi connectivity index (χ1n) is 10.0. The van der Waals surface area contributed by atoms with Crippen LogP contribution in [0.5, 0.6) is 0 Å². The smallest absolute Gasteiger partial charge is 0.288 e. The van der Waals surface area contributed by atoms with Crippen molar-refractivity contribution in [2.24, 2.45) is 5.73 Å². The van der Waals surface area contributed by atoms with Crippen molar-refractivity contribution in [3.8, 4) is 0 Å². The third kappa shape index (κ3) is 3.64.